The lowest BCUT2D eigenvalue weighted by Crippen LogP contribution is -2.08. The van der Waals surface area contributed by atoms with Gasteiger partial charge in [0.1, 0.15) is 35.5 Å². The smallest absolute Gasteiger partial charge is 0.190 e. The molecule has 0 amide bonds. The fourth-order valence-corrected chi connectivity index (χ4v) is 2.40. The molecule has 0 atom stereocenters. The number of hydrogen-bond acceptors (Lipinski definition) is 6. The summed E-state index contributed by atoms with van der Waals surface area (Å²) in [6.45, 7) is 5.78. The number of anilines is 1. The Labute approximate surface area is 133 Å². The van der Waals surface area contributed by atoms with Crippen LogP contribution in [0.2, 0.25) is 0 Å². The summed E-state index contributed by atoms with van der Waals surface area (Å²) in [4.78, 5) is 8.48. The highest BCUT2D eigenvalue weighted by atomic mass is 32.2. The third-order valence-corrected chi connectivity index (χ3v) is 3.73. The lowest BCUT2D eigenvalue weighted by Gasteiger charge is -2.11. The van der Waals surface area contributed by atoms with Crippen LogP contribution in [0, 0.1) is 18.3 Å². The van der Waals surface area contributed by atoms with Crippen molar-refractivity contribution in [3.63, 3.8) is 0 Å². The zero-order valence-electron chi connectivity index (χ0n) is 12.2. The Kier molecular flexibility index (Phi) is 5.39. The van der Waals surface area contributed by atoms with E-state index in [0.29, 0.717) is 16.6 Å². The first-order chi connectivity index (χ1) is 10.7. The van der Waals surface area contributed by atoms with Gasteiger partial charge in [0.15, 0.2) is 5.16 Å². The molecule has 6 heteroatoms. The lowest BCUT2D eigenvalue weighted by molar-refractivity contribution is 0.297. The van der Waals surface area contributed by atoms with Crippen molar-refractivity contribution in [2.75, 3.05) is 11.5 Å². The molecular weight excluding hydrogens is 296 g/mol. The molecule has 0 saturated heterocycles. The van der Waals surface area contributed by atoms with Crippen LogP contribution < -0.4 is 10.5 Å². The van der Waals surface area contributed by atoms with Gasteiger partial charge in [0, 0.05) is 5.75 Å². The van der Waals surface area contributed by atoms with Crippen molar-refractivity contribution in [3.05, 3.63) is 53.7 Å². The number of rotatable bonds is 6. The van der Waals surface area contributed by atoms with E-state index < -0.39 is 0 Å². The van der Waals surface area contributed by atoms with E-state index in [-0.39, 0.29) is 18.0 Å². The predicted molar refractivity (Wildman–Crippen MR) is 87.6 cm³/mol. The SMILES string of the molecule is C=CCSc1nc(N)c(C#N)c(COc2ccccc2C)n1. The summed E-state index contributed by atoms with van der Waals surface area (Å²) in [6, 6.07) is 9.71. The van der Waals surface area contributed by atoms with E-state index in [1.807, 2.05) is 37.3 Å². The second kappa shape index (κ2) is 7.48. The Morgan fingerprint density at radius 3 is 2.86 bits per heavy atom. The summed E-state index contributed by atoms with van der Waals surface area (Å²) >= 11 is 1.41. The van der Waals surface area contributed by atoms with Crippen molar-refractivity contribution in [1.29, 1.82) is 5.26 Å². The van der Waals surface area contributed by atoms with Crippen LogP contribution in [-0.2, 0) is 6.61 Å². The van der Waals surface area contributed by atoms with Gasteiger partial charge in [-0.3, -0.25) is 0 Å². The van der Waals surface area contributed by atoms with Gasteiger partial charge in [-0.25, -0.2) is 9.97 Å². The maximum absolute atomic E-state index is 9.23. The van der Waals surface area contributed by atoms with Crippen molar-refractivity contribution in [2.24, 2.45) is 0 Å². The van der Waals surface area contributed by atoms with Crippen molar-refractivity contribution in [1.82, 2.24) is 9.97 Å². The van der Waals surface area contributed by atoms with E-state index >= 15 is 0 Å². The molecule has 2 N–H and O–H groups in total. The first-order valence-corrected chi connectivity index (χ1v) is 7.63. The van der Waals surface area contributed by atoms with E-state index in [4.69, 9.17) is 10.5 Å². The van der Waals surface area contributed by atoms with E-state index in [1.54, 1.807) is 6.08 Å². The molecule has 0 spiro atoms. The summed E-state index contributed by atoms with van der Waals surface area (Å²) in [7, 11) is 0. The molecule has 112 valence electrons. The zero-order chi connectivity index (χ0) is 15.9. The number of nitrogens with zero attached hydrogens (tertiary/aromatic N) is 3. The van der Waals surface area contributed by atoms with Crippen LogP contribution in [0.15, 0.2) is 42.1 Å². The maximum atomic E-state index is 9.23. The molecule has 0 radical (unpaired) electrons. The monoisotopic (exact) mass is 312 g/mol. The number of nitriles is 1. The molecule has 0 saturated carbocycles. The number of hydrogen-bond donors (Lipinski definition) is 1. The molecule has 0 aliphatic carbocycles. The van der Waals surface area contributed by atoms with Crippen LogP contribution in [0.5, 0.6) is 5.75 Å². The van der Waals surface area contributed by atoms with Crippen LogP contribution >= 0.6 is 11.8 Å². The van der Waals surface area contributed by atoms with Gasteiger partial charge in [0.25, 0.3) is 0 Å². The molecule has 2 aromatic rings. The molecule has 1 aromatic heterocycles. The van der Waals surface area contributed by atoms with Gasteiger partial charge in [0.2, 0.25) is 0 Å². The van der Waals surface area contributed by atoms with E-state index in [1.165, 1.54) is 11.8 Å². The molecule has 0 bridgehead atoms. The Morgan fingerprint density at radius 1 is 1.41 bits per heavy atom. The fraction of sp³-hybridized carbons (Fsp3) is 0.188. The summed E-state index contributed by atoms with van der Waals surface area (Å²) in [5, 5.41) is 9.74. The molecule has 0 aliphatic heterocycles. The third-order valence-electron chi connectivity index (χ3n) is 2.89. The van der Waals surface area contributed by atoms with Crippen LogP contribution in [0.1, 0.15) is 16.8 Å². The summed E-state index contributed by atoms with van der Waals surface area (Å²) in [5.41, 5.74) is 7.60. The minimum Gasteiger partial charge on any atom is -0.487 e. The van der Waals surface area contributed by atoms with Crippen LogP contribution in [0.4, 0.5) is 5.82 Å². The van der Waals surface area contributed by atoms with Crippen molar-refractivity contribution >= 4 is 17.6 Å². The average molecular weight is 312 g/mol. The molecule has 22 heavy (non-hydrogen) atoms. The van der Waals surface area contributed by atoms with Gasteiger partial charge in [-0.1, -0.05) is 36.0 Å². The molecule has 5 nitrogen and oxygen atoms in total. The summed E-state index contributed by atoms with van der Waals surface area (Å²) < 4.78 is 5.75. The minimum absolute atomic E-state index is 0.169. The summed E-state index contributed by atoms with van der Waals surface area (Å²) in [6.07, 6.45) is 1.76. The quantitative estimate of drug-likeness (QED) is 0.501. The average Bonchev–Trinajstić information content (AvgIpc) is 2.52. The zero-order valence-corrected chi connectivity index (χ0v) is 13.1. The molecule has 0 unspecified atom stereocenters. The first-order valence-electron chi connectivity index (χ1n) is 6.64. The van der Waals surface area contributed by atoms with Gasteiger partial charge in [0.05, 0.1) is 0 Å². The second-order valence-electron chi connectivity index (χ2n) is 4.48. The summed E-state index contributed by atoms with van der Waals surface area (Å²) in [5.74, 6) is 1.60. The second-order valence-corrected chi connectivity index (χ2v) is 5.47. The van der Waals surface area contributed by atoms with Crippen LogP contribution in [0.25, 0.3) is 0 Å². The molecule has 1 heterocycles. The number of nitrogen functional groups attached to an aromatic ring is 1. The van der Waals surface area contributed by atoms with Crippen LogP contribution in [-0.4, -0.2) is 15.7 Å². The Bertz CT molecular complexity index is 725. The number of aromatic nitrogens is 2. The molecule has 2 rings (SSSR count). The Balaban J connectivity index is 2.25. The lowest BCUT2D eigenvalue weighted by atomic mass is 10.2. The van der Waals surface area contributed by atoms with E-state index in [2.05, 4.69) is 16.5 Å². The third kappa shape index (κ3) is 3.77. The number of thioether (sulfide) groups is 1. The van der Waals surface area contributed by atoms with E-state index in [0.717, 1.165) is 11.3 Å². The Hall–Kier alpha value is -2.52. The predicted octanol–water partition coefficient (Wildman–Crippen LogP) is 3.10. The fourth-order valence-electron chi connectivity index (χ4n) is 1.79. The maximum Gasteiger partial charge on any atom is 0.190 e. The Morgan fingerprint density at radius 2 is 2.18 bits per heavy atom. The van der Waals surface area contributed by atoms with Crippen LogP contribution in [0.3, 0.4) is 0 Å². The normalized spacial score (nSPS) is 10.0. The number of benzene rings is 1. The topological polar surface area (TPSA) is 84.8 Å². The van der Waals surface area contributed by atoms with Gasteiger partial charge < -0.3 is 10.5 Å². The van der Waals surface area contributed by atoms with Crippen molar-refractivity contribution in [3.8, 4) is 11.8 Å². The molecule has 1 aromatic carbocycles. The van der Waals surface area contributed by atoms with Gasteiger partial charge in [-0.2, -0.15) is 5.26 Å². The largest absolute Gasteiger partial charge is 0.487 e. The number of aryl methyl sites for hydroxylation is 1. The van der Waals surface area contributed by atoms with Crippen molar-refractivity contribution in [2.45, 2.75) is 18.7 Å². The molecule has 0 fully saturated rings. The van der Waals surface area contributed by atoms with E-state index in [9.17, 15) is 5.26 Å². The van der Waals surface area contributed by atoms with Gasteiger partial charge >= 0.3 is 0 Å². The standard InChI is InChI=1S/C16H16N4OS/c1-3-8-22-16-19-13(12(9-17)15(18)20-16)10-21-14-7-5-4-6-11(14)2/h3-7H,1,8,10H2,2H3,(H2,18,19,20). The minimum atomic E-state index is 0.169. The van der Waals surface area contributed by atoms with Gasteiger partial charge in [-0.15, -0.1) is 6.58 Å². The number of nitrogens with two attached hydrogens (primary N) is 1. The first kappa shape index (κ1) is 15.9. The number of para-hydroxylation sites is 1. The highest BCUT2D eigenvalue weighted by Gasteiger charge is 2.13. The highest BCUT2D eigenvalue weighted by Crippen LogP contribution is 2.22. The van der Waals surface area contributed by atoms with Gasteiger partial charge in [-0.05, 0) is 18.6 Å². The highest BCUT2D eigenvalue weighted by molar-refractivity contribution is 7.99. The van der Waals surface area contributed by atoms with Crippen molar-refractivity contribution < 1.29 is 4.74 Å². The molecular formula is C16H16N4OS. The number of ether oxygens (including phenoxy) is 1. The molecule has 0 aliphatic rings.